The summed E-state index contributed by atoms with van der Waals surface area (Å²) >= 11 is 1.36. The molecular formula is C14H26N2O2S2. The van der Waals surface area contributed by atoms with Crippen molar-refractivity contribution in [1.82, 2.24) is 10.0 Å². The van der Waals surface area contributed by atoms with Crippen LogP contribution in [0.2, 0.25) is 0 Å². The van der Waals surface area contributed by atoms with E-state index < -0.39 is 10.0 Å². The Hall–Kier alpha value is -0.430. The highest BCUT2D eigenvalue weighted by molar-refractivity contribution is 7.91. The van der Waals surface area contributed by atoms with Crippen LogP contribution >= 0.6 is 11.3 Å². The zero-order valence-corrected chi connectivity index (χ0v) is 14.5. The summed E-state index contributed by atoms with van der Waals surface area (Å²) in [6.45, 7) is 6.95. The van der Waals surface area contributed by atoms with E-state index >= 15 is 0 Å². The van der Waals surface area contributed by atoms with Crippen LogP contribution in [0.4, 0.5) is 0 Å². The molecule has 6 heteroatoms. The van der Waals surface area contributed by atoms with E-state index in [-0.39, 0.29) is 5.54 Å². The average Bonchev–Trinajstić information content (AvgIpc) is 2.92. The molecule has 20 heavy (non-hydrogen) atoms. The van der Waals surface area contributed by atoms with Crippen molar-refractivity contribution in [3.63, 3.8) is 0 Å². The summed E-state index contributed by atoms with van der Waals surface area (Å²) < 4.78 is 28.3. The van der Waals surface area contributed by atoms with E-state index in [4.69, 9.17) is 0 Å². The zero-order chi connectivity index (χ0) is 15.2. The molecule has 116 valence electrons. The Morgan fingerprint density at radius 2 is 1.75 bits per heavy atom. The molecule has 0 atom stereocenters. The van der Waals surface area contributed by atoms with Gasteiger partial charge in [0, 0.05) is 10.4 Å². The molecule has 1 heterocycles. The molecule has 1 rings (SSSR count). The van der Waals surface area contributed by atoms with Gasteiger partial charge in [0.05, 0.1) is 0 Å². The van der Waals surface area contributed by atoms with E-state index in [1.54, 1.807) is 6.07 Å². The molecule has 0 aromatic carbocycles. The monoisotopic (exact) mass is 318 g/mol. The second kappa shape index (κ2) is 7.54. The molecule has 0 bridgehead atoms. The van der Waals surface area contributed by atoms with Crippen molar-refractivity contribution in [1.29, 1.82) is 0 Å². The molecular weight excluding hydrogens is 292 g/mol. The Morgan fingerprint density at radius 3 is 2.25 bits per heavy atom. The highest BCUT2D eigenvalue weighted by Crippen LogP contribution is 2.26. The van der Waals surface area contributed by atoms with Crippen molar-refractivity contribution in [2.45, 2.75) is 56.2 Å². The summed E-state index contributed by atoms with van der Waals surface area (Å²) in [6, 6.07) is 3.62. The van der Waals surface area contributed by atoms with Crippen LogP contribution < -0.4 is 10.0 Å². The fourth-order valence-corrected chi connectivity index (χ4v) is 5.16. The molecule has 0 saturated carbocycles. The number of likely N-dealkylation sites (N-methyl/N-ethyl adjacent to an activating group) is 1. The molecule has 0 aliphatic rings. The maximum Gasteiger partial charge on any atom is 0.250 e. The predicted octanol–water partition coefficient (Wildman–Crippen LogP) is 2.76. The number of rotatable bonds is 9. The Bertz CT molecular complexity index is 497. The zero-order valence-electron chi connectivity index (χ0n) is 12.8. The first-order valence-electron chi connectivity index (χ1n) is 7.20. The molecule has 0 radical (unpaired) electrons. The van der Waals surface area contributed by atoms with Gasteiger partial charge < -0.3 is 5.32 Å². The lowest BCUT2D eigenvalue weighted by atomic mass is 9.91. The van der Waals surface area contributed by atoms with Crippen molar-refractivity contribution in [3.8, 4) is 0 Å². The van der Waals surface area contributed by atoms with Crippen LogP contribution in [-0.2, 0) is 16.4 Å². The van der Waals surface area contributed by atoms with Gasteiger partial charge in [0.2, 0.25) is 0 Å². The second-order valence-corrected chi connectivity index (χ2v) is 8.10. The van der Waals surface area contributed by atoms with Crippen molar-refractivity contribution < 1.29 is 8.42 Å². The summed E-state index contributed by atoms with van der Waals surface area (Å²) in [5.41, 5.74) is -0.325. The minimum Gasteiger partial charge on any atom is -0.319 e. The SMILES string of the molecule is CCC(CC)(CC)NS(=O)(=O)c1ccc(CCNC)s1. The van der Waals surface area contributed by atoms with Crippen molar-refractivity contribution in [2.24, 2.45) is 0 Å². The van der Waals surface area contributed by atoms with E-state index in [1.807, 2.05) is 33.9 Å². The summed E-state index contributed by atoms with van der Waals surface area (Å²) in [6.07, 6.45) is 3.27. The topological polar surface area (TPSA) is 58.2 Å². The molecule has 0 spiro atoms. The number of hydrogen-bond donors (Lipinski definition) is 2. The molecule has 2 N–H and O–H groups in total. The van der Waals surface area contributed by atoms with Crippen LogP contribution in [0.5, 0.6) is 0 Å². The van der Waals surface area contributed by atoms with Gasteiger partial charge in [-0.1, -0.05) is 20.8 Å². The third-order valence-electron chi connectivity index (χ3n) is 3.90. The lowest BCUT2D eigenvalue weighted by Crippen LogP contribution is -2.46. The largest absolute Gasteiger partial charge is 0.319 e. The maximum atomic E-state index is 12.5. The van der Waals surface area contributed by atoms with Crippen molar-refractivity contribution in [3.05, 3.63) is 17.0 Å². The van der Waals surface area contributed by atoms with E-state index in [0.717, 1.165) is 37.1 Å². The molecule has 0 unspecified atom stereocenters. The lowest BCUT2D eigenvalue weighted by Gasteiger charge is -2.30. The average molecular weight is 319 g/mol. The molecule has 4 nitrogen and oxygen atoms in total. The van der Waals surface area contributed by atoms with Crippen molar-refractivity contribution in [2.75, 3.05) is 13.6 Å². The van der Waals surface area contributed by atoms with Gasteiger partial charge in [-0.05, 0) is 51.4 Å². The standard InChI is InChI=1S/C14H26N2O2S2/c1-5-14(6-2,7-3)16-20(17,18)13-9-8-12(19-13)10-11-15-4/h8-9,15-16H,5-7,10-11H2,1-4H3. The number of nitrogens with one attached hydrogen (secondary N) is 2. The normalized spacial score (nSPS) is 12.8. The van der Waals surface area contributed by atoms with Crippen LogP contribution in [0.3, 0.4) is 0 Å². The van der Waals surface area contributed by atoms with Gasteiger partial charge in [0.15, 0.2) is 0 Å². The summed E-state index contributed by atoms with van der Waals surface area (Å²) in [5.74, 6) is 0. The fraction of sp³-hybridized carbons (Fsp3) is 0.714. The number of hydrogen-bond acceptors (Lipinski definition) is 4. The molecule has 0 saturated heterocycles. The molecule has 1 aromatic rings. The van der Waals surface area contributed by atoms with Gasteiger partial charge in [-0.15, -0.1) is 11.3 Å². The highest BCUT2D eigenvalue weighted by Gasteiger charge is 2.31. The van der Waals surface area contributed by atoms with Crippen LogP contribution in [0.25, 0.3) is 0 Å². The summed E-state index contributed by atoms with van der Waals surface area (Å²) in [5, 5.41) is 3.07. The molecule has 0 aliphatic heterocycles. The third-order valence-corrected chi connectivity index (χ3v) is 7.12. The van der Waals surface area contributed by atoms with E-state index in [1.165, 1.54) is 11.3 Å². The van der Waals surface area contributed by atoms with E-state index in [0.29, 0.717) is 4.21 Å². The Kier molecular flexibility index (Phi) is 6.64. The van der Waals surface area contributed by atoms with E-state index in [9.17, 15) is 8.42 Å². The van der Waals surface area contributed by atoms with Crippen LogP contribution in [-0.4, -0.2) is 27.5 Å². The first kappa shape index (κ1) is 17.6. The van der Waals surface area contributed by atoms with Crippen LogP contribution in [0.15, 0.2) is 16.3 Å². The minimum absolute atomic E-state index is 0.325. The minimum atomic E-state index is -3.41. The van der Waals surface area contributed by atoms with Gasteiger partial charge in [0.1, 0.15) is 4.21 Å². The fourth-order valence-electron chi connectivity index (χ4n) is 2.19. The first-order valence-corrected chi connectivity index (χ1v) is 9.50. The maximum absolute atomic E-state index is 12.5. The molecule has 0 fully saturated rings. The smallest absolute Gasteiger partial charge is 0.250 e. The Balaban J connectivity index is 2.90. The predicted molar refractivity (Wildman–Crippen MR) is 85.9 cm³/mol. The lowest BCUT2D eigenvalue weighted by molar-refractivity contribution is 0.342. The van der Waals surface area contributed by atoms with Gasteiger partial charge in [-0.25, -0.2) is 13.1 Å². The quantitative estimate of drug-likeness (QED) is 0.736. The third kappa shape index (κ3) is 4.28. The Morgan fingerprint density at radius 1 is 1.15 bits per heavy atom. The number of thiophene rings is 1. The van der Waals surface area contributed by atoms with Gasteiger partial charge in [-0.3, -0.25) is 0 Å². The van der Waals surface area contributed by atoms with Gasteiger partial charge in [-0.2, -0.15) is 0 Å². The van der Waals surface area contributed by atoms with Crippen LogP contribution in [0, 0.1) is 0 Å². The molecule has 0 amide bonds. The van der Waals surface area contributed by atoms with Gasteiger partial charge in [0.25, 0.3) is 10.0 Å². The first-order chi connectivity index (χ1) is 9.43. The molecule has 0 aliphatic carbocycles. The highest BCUT2D eigenvalue weighted by atomic mass is 32.2. The second-order valence-electron chi connectivity index (χ2n) is 5.02. The molecule has 1 aromatic heterocycles. The van der Waals surface area contributed by atoms with Gasteiger partial charge >= 0.3 is 0 Å². The van der Waals surface area contributed by atoms with Crippen LogP contribution in [0.1, 0.15) is 44.9 Å². The number of sulfonamides is 1. The van der Waals surface area contributed by atoms with Crippen molar-refractivity contribution >= 4 is 21.4 Å². The summed E-state index contributed by atoms with van der Waals surface area (Å²) in [4.78, 5) is 1.09. The Labute approximate surface area is 127 Å². The van der Waals surface area contributed by atoms with E-state index in [2.05, 4.69) is 10.0 Å². The summed E-state index contributed by atoms with van der Waals surface area (Å²) in [7, 11) is -1.52.